The van der Waals surface area contributed by atoms with E-state index in [2.05, 4.69) is 10.2 Å². The Bertz CT molecular complexity index is 936. The van der Waals surface area contributed by atoms with Gasteiger partial charge in [0.05, 0.1) is 10.5 Å². The van der Waals surface area contributed by atoms with E-state index in [9.17, 15) is 19.7 Å². The molecule has 0 saturated carbocycles. The first-order valence-corrected chi connectivity index (χ1v) is 9.97. The van der Waals surface area contributed by atoms with Crippen LogP contribution in [0.15, 0.2) is 42.5 Å². The zero-order chi connectivity index (χ0) is 21.7. The fraction of sp³-hybridized carbons (Fsp3) is 0.364. The number of nitrogens with one attached hydrogen (secondary N) is 1. The van der Waals surface area contributed by atoms with Crippen molar-refractivity contribution < 1.29 is 19.2 Å². The number of carbonyl (C=O) groups excluding carboxylic acids is 2. The fourth-order valence-electron chi connectivity index (χ4n) is 3.42. The number of nitro benzene ring substituents is 1. The van der Waals surface area contributed by atoms with E-state index in [1.807, 2.05) is 24.3 Å². The molecule has 158 valence electrons. The van der Waals surface area contributed by atoms with Crippen molar-refractivity contribution in [1.29, 1.82) is 0 Å². The average molecular weight is 411 g/mol. The van der Waals surface area contributed by atoms with Gasteiger partial charge in [0, 0.05) is 36.1 Å². The molecular weight excluding hydrogens is 386 g/mol. The number of benzene rings is 2. The van der Waals surface area contributed by atoms with Crippen LogP contribution in [0.5, 0.6) is 0 Å². The summed E-state index contributed by atoms with van der Waals surface area (Å²) in [4.78, 5) is 37.4. The molecular formula is C22H25N3O5. The van der Waals surface area contributed by atoms with E-state index in [0.29, 0.717) is 11.3 Å². The fourth-order valence-corrected chi connectivity index (χ4v) is 3.42. The molecule has 3 rings (SSSR count). The predicted molar refractivity (Wildman–Crippen MR) is 114 cm³/mol. The number of amides is 1. The van der Waals surface area contributed by atoms with Crippen molar-refractivity contribution in [3.05, 3.63) is 63.7 Å². The van der Waals surface area contributed by atoms with E-state index in [-0.39, 0.29) is 11.3 Å². The van der Waals surface area contributed by atoms with Gasteiger partial charge in [-0.1, -0.05) is 0 Å². The van der Waals surface area contributed by atoms with Crippen LogP contribution in [-0.2, 0) is 9.53 Å². The molecule has 1 aliphatic heterocycles. The maximum atomic E-state index is 12.4. The number of nitrogens with zero attached hydrogens (tertiary/aromatic N) is 2. The molecule has 0 unspecified atom stereocenters. The van der Waals surface area contributed by atoms with Crippen molar-refractivity contribution in [1.82, 2.24) is 0 Å². The van der Waals surface area contributed by atoms with Crippen LogP contribution in [0.25, 0.3) is 0 Å². The Balaban J connectivity index is 1.57. The van der Waals surface area contributed by atoms with Crippen LogP contribution >= 0.6 is 0 Å². The molecule has 0 aliphatic carbocycles. The zero-order valence-corrected chi connectivity index (χ0v) is 17.1. The number of anilines is 2. The summed E-state index contributed by atoms with van der Waals surface area (Å²) in [5.41, 5.74) is 2.17. The third-order valence-corrected chi connectivity index (χ3v) is 5.14. The molecule has 30 heavy (non-hydrogen) atoms. The Morgan fingerprint density at radius 2 is 1.77 bits per heavy atom. The van der Waals surface area contributed by atoms with Gasteiger partial charge < -0.3 is 15.0 Å². The van der Waals surface area contributed by atoms with Gasteiger partial charge >= 0.3 is 5.97 Å². The number of nitro groups is 1. The van der Waals surface area contributed by atoms with Gasteiger partial charge in [-0.2, -0.15) is 0 Å². The summed E-state index contributed by atoms with van der Waals surface area (Å²) in [5.74, 6) is -1.16. The third-order valence-electron chi connectivity index (χ3n) is 5.14. The van der Waals surface area contributed by atoms with Crippen molar-refractivity contribution in [2.24, 2.45) is 0 Å². The van der Waals surface area contributed by atoms with Crippen LogP contribution in [0.3, 0.4) is 0 Å². The molecule has 1 fully saturated rings. The van der Waals surface area contributed by atoms with Crippen molar-refractivity contribution in [3.8, 4) is 0 Å². The molecule has 0 spiro atoms. The largest absolute Gasteiger partial charge is 0.449 e. The number of aryl methyl sites for hydroxylation is 1. The number of hydrogen-bond donors (Lipinski definition) is 1. The van der Waals surface area contributed by atoms with Gasteiger partial charge in [0.1, 0.15) is 0 Å². The predicted octanol–water partition coefficient (Wildman–Crippen LogP) is 4.08. The van der Waals surface area contributed by atoms with Gasteiger partial charge in [0.15, 0.2) is 6.10 Å². The molecule has 8 heteroatoms. The van der Waals surface area contributed by atoms with Gasteiger partial charge in [-0.25, -0.2) is 4.79 Å². The lowest BCUT2D eigenvalue weighted by atomic mass is 10.1. The summed E-state index contributed by atoms with van der Waals surface area (Å²) in [6.45, 7) is 5.10. The van der Waals surface area contributed by atoms with E-state index >= 15 is 0 Å². The Hall–Kier alpha value is -3.42. The van der Waals surface area contributed by atoms with E-state index in [1.165, 1.54) is 44.4 Å². The Kier molecular flexibility index (Phi) is 6.66. The Morgan fingerprint density at radius 1 is 1.10 bits per heavy atom. The Labute approximate surface area is 175 Å². The molecule has 1 N–H and O–H groups in total. The number of piperidine rings is 1. The SMILES string of the molecule is Cc1cc(C(=O)O[C@@H](C)C(=O)Nc2ccc(N3CCCCC3)cc2)ccc1[N+](=O)[O-]. The molecule has 0 bridgehead atoms. The number of carbonyl (C=O) groups is 2. The van der Waals surface area contributed by atoms with E-state index < -0.39 is 22.9 Å². The quantitative estimate of drug-likeness (QED) is 0.437. The van der Waals surface area contributed by atoms with Crippen molar-refractivity contribution in [2.45, 2.75) is 39.2 Å². The molecule has 2 aromatic rings. The molecule has 8 nitrogen and oxygen atoms in total. The van der Waals surface area contributed by atoms with Crippen LogP contribution in [0.4, 0.5) is 17.1 Å². The van der Waals surface area contributed by atoms with Crippen LogP contribution in [-0.4, -0.2) is 36.0 Å². The normalized spacial score (nSPS) is 14.7. The molecule has 1 aliphatic rings. The first-order valence-electron chi connectivity index (χ1n) is 9.97. The molecule has 0 radical (unpaired) electrons. The van der Waals surface area contributed by atoms with Crippen LogP contribution in [0.1, 0.15) is 42.1 Å². The average Bonchev–Trinajstić information content (AvgIpc) is 2.74. The summed E-state index contributed by atoms with van der Waals surface area (Å²) in [6, 6.07) is 11.5. The van der Waals surface area contributed by atoms with E-state index in [4.69, 9.17) is 4.74 Å². The minimum atomic E-state index is -1.02. The minimum Gasteiger partial charge on any atom is -0.449 e. The lowest BCUT2D eigenvalue weighted by molar-refractivity contribution is -0.385. The summed E-state index contributed by atoms with van der Waals surface area (Å²) in [6.07, 6.45) is 2.63. The van der Waals surface area contributed by atoms with Gasteiger partial charge in [-0.15, -0.1) is 0 Å². The molecule has 0 aromatic heterocycles. The highest BCUT2D eigenvalue weighted by molar-refractivity contribution is 5.97. The van der Waals surface area contributed by atoms with Crippen LogP contribution < -0.4 is 10.2 Å². The standard InChI is InChI=1S/C22H25N3O5/c1-15-14-17(6-11-20(15)25(28)29)22(27)30-16(2)21(26)23-18-7-9-19(10-8-18)24-12-4-3-5-13-24/h6-11,14,16H,3-5,12-13H2,1-2H3,(H,23,26)/t16-/m0/s1. The van der Waals surface area contributed by atoms with Gasteiger partial charge in [0.25, 0.3) is 11.6 Å². The molecule has 1 heterocycles. The van der Waals surface area contributed by atoms with E-state index in [0.717, 1.165) is 18.8 Å². The molecule has 1 saturated heterocycles. The van der Waals surface area contributed by atoms with Gasteiger partial charge in [-0.3, -0.25) is 14.9 Å². The first-order chi connectivity index (χ1) is 14.3. The summed E-state index contributed by atoms with van der Waals surface area (Å²) >= 11 is 0. The van der Waals surface area contributed by atoms with Crippen LogP contribution in [0, 0.1) is 17.0 Å². The molecule has 1 atom stereocenters. The zero-order valence-electron chi connectivity index (χ0n) is 17.1. The summed E-state index contributed by atoms with van der Waals surface area (Å²) in [7, 11) is 0. The maximum Gasteiger partial charge on any atom is 0.338 e. The monoisotopic (exact) mass is 411 g/mol. The number of esters is 1. The van der Waals surface area contributed by atoms with Gasteiger partial charge in [-0.05, 0) is 69.5 Å². The number of ether oxygens (including phenoxy) is 1. The highest BCUT2D eigenvalue weighted by Gasteiger charge is 2.21. The summed E-state index contributed by atoms with van der Waals surface area (Å²) < 4.78 is 5.22. The van der Waals surface area contributed by atoms with Crippen molar-refractivity contribution in [2.75, 3.05) is 23.3 Å². The molecule has 2 aromatic carbocycles. The number of rotatable bonds is 6. The lowest BCUT2D eigenvalue weighted by Crippen LogP contribution is -2.30. The number of hydrogen-bond acceptors (Lipinski definition) is 6. The minimum absolute atomic E-state index is 0.0784. The van der Waals surface area contributed by atoms with Crippen molar-refractivity contribution >= 4 is 28.9 Å². The second kappa shape index (κ2) is 9.39. The second-order valence-corrected chi connectivity index (χ2v) is 7.39. The highest BCUT2D eigenvalue weighted by Crippen LogP contribution is 2.22. The first kappa shape index (κ1) is 21.3. The lowest BCUT2D eigenvalue weighted by Gasteiger charge is -2.28. The summed E-state index contributed by atoms with van der Waals surface area (Å²) in [5, 5.41) is 13.6. The second-order valence-electron chi connectivity index (χ2n) is 7.39. The van der Waals surface area contributed by atoms with Crippen LogP contribution in [0.2, 0.25) is 0 Å². The topological polar surface area (TPSA) is 102 Å². The Morgan fingerprint density at radius 3 is 2.37 bits per heavy atom. The molecule has 1 amide bonds. The third kappa shape index (κ3) is 5.14. The van der Waals surface area contributed by atoms with Gasteiger partial charge in [0.2, 0.25) is 0 Å². The smallest absolute Gasteiger partial charge is 0.338 e. The van der Waals surface area contributed by atoms with E-state index in [1.54, 1.807) is 6.92 Å². The highest BCUT2D eigenvalue weighted by atomic mass is 16.6. The maximum absolute atomic E-state index is 12.4. The van der Waals surface area contributed by atoms with Crippen molar-refractivity contribution in [3.63, 3.8) is 0 Å².